The molecule has 2 aromatic carbocycles. The van der Waals surface area contributed by atoms with Gasteiger partial charge >= 0.3 is 0 Å². The number of nitrogens with one attached hydrogen (secondary N) is 1. The van der Waals surface area contributed by atoms with Crippen LogP contribution in [0.3, 0.4) is 0 Å². The van der Waals surface area contributed by atoms with Crippen molar-refractivity contribution in [3.05, 3.63) is 84.1 Å². The number of benzene rings is 2. The lowest BCUT2D eigenvalue weighted by molar-refractivity contribution is 0.208. The SMILES string of the molecule is CCOc1cc(CNCCc2nnc3ccccn23)ccc1OCCOc1ccc(F)cc1. The topological polar surface area (TPSA) is 69.9 Å². The van der Waals surface area contributed by atoms with Crippen molar-refractivity contribution in [2.75, 3.05) is 26.4 Å². The second-order valence-corrected chi connectivity index (χ2v) is 7.34. The van der Waals surface area contributed by atoms with E-state index in [1.165, 1.54) is 12.1 Å². The lowest BCUT2D eigenvalue weighted by atomic mass is 10.2. The highest BCUT2D eigenvalue weighted by Gasteiger charge is 2.08. The Hall–Kier alpha value is -3.65. The van der Waals surface area contributed by atoms with Crippen molar-refractivity contribution in [1.29, 1.82) is 0 Å². The average Bonchev–Trinajstić information content (AvgIpc) is 3.25. The Bertz CT molecular complexity index is 1160. The lowest BCUT2D eigenvalue weighted by Crippen LogP contribution is -2.18. The molecule has 0 saturated heterocycles. The fourth-order valence-electron chi connectivity index (χ4n) is 3.39. The van der Waals surface area contributed by atoms with Gasteiger partial charge in [0, 0.05) is 25.7 Å². The molecule has 33 heavy (non-hydrogen) atoms. The van der Waals surface area contributed by atoms with Crippen molar-refractivity contribution in [2.45, 2.75) is 19.9 Å². The van der Waals surface area contributed by atoms with Gasteiger partial charge in [-0.05, 0) is 61.0 Å². The summed E-state index contributed by atoms with van der Waals surface area (Å²) in [5.41, 5.74) is 1.95. The van der Waals surface area contributed by atoms with Gasteiger partial charge in [-0.3, -0.25) is 4.40 Å². The second kappa shape index (κ2) is 11.3. The van der Waals surface area contributed by atoms with Gasteiger partial charge in [0.2, 0.25) is 0 Å². The van der Waals surface area contributed by atoms with Gasteiger partial charge in [0.25, 0.3) is 0 Å². The number of rotatable bonds is 12. The van der Waals surface area contributed by atoms with Crippen LogP contribution < -0.4 is 19.5 Å². The Morgan fingerprint density at radius 2 is 1.76 bits per heavy atom. The van der Waals surface area contributed by atoms with Gasteiger partial charge in [-0.2, -0.15) is 0 Å². The quantitative estimate of drug-likeness (QED) is 0.328. The van der Waals surface area contributed by atoms with Gasteiger partial charge in [0.05, 0.1) is 6.61 Å². The number of pyridine rings is 1. The summed E-state index contributed by atoms with van der Waals surface area (Å²) in [4.78, 5) is 0. The molecule has 0 amide bonds. The van der Waals surface area contributed by atoms with E-state index in [1.807, 2.05) is 53.9 Å². The van der Waals surface area contributed by atoms with Crippen LogP contribution in [0, 0.1) is 5.82 Å². The molecule has 7 nitrogen and oxygen atoms in total. The smallest absolute Gasteiger partial charge is 0.161 e. The predicted octanol–water partition coefficient (Wildman–Crippen LogP) is 4.06. The van der Waals surface area contributed by atoms with Gasteiger partial charge in [-0.15, -0.1) is 10.2 Å². The first-order chi connectivity index (χ1) is 16.2. The van der Waals surface area contributed by atoms with E-state index < -0.39 is 0 Å². The van der Waals surface area contributed by atoms with Crippen LogP contribution >= 0.6 is 0 Å². The summed E-state index contributed by atoms with van der Waals surface area (Å²) >= 11 is 0. The number of ether oxygens (including phenoxy) is 3. The lowest BCUT2D eigenvalue weighted by Gasteiger charge is -2.14. The summed E-state index contributed by atoms with van der Waals surface area (Å²) in [5, 5.41) is 11.9. The molecule has 2 aromatic heterocycles. The summed E-state index contributed by atoms with van der Waals surface area (Å²) in [6.07, 6.45) is 2.75. The normalized spacial score (nSPS) is 11.0. The molecule has 4 rings (SSSR count). The second-order valence-electron chi connectivity index (χ2n) is 7.34. The highest BCUT2D eigenvalue weighted by molar-refractivity contribution is 5.43. The van der Waals surface area contributed by atoms with E-state index in [1.54, 1.807) is 12.1 Å². The number of aromatic nitrogens is 3. The van der Waals surface area contributed by atoms with Gasteiger partial charge in [0.1, 0.15) is 30.6 Å². The summed E-state index contributed by atoms with van der Waals surface area (Å²) in [5.74, 6) is 2.60. The van der Waals surface area contributed by atoms with E-state index in [0.29, 0.717) is 43.6 Å². The van der Waals surface area contributed by atoms with Crippen LogP contribution in [0.2, 0.25) is 0 Å². The van der Waals surface area contributed by atoms with Crippen molar-refractivity contribution in [3.8, 4) is 17.2 Å². The van der Waals surface area contributed by atoms with Crippen LogP contribution in [0.4, 0.5) is 4.39 Å². The van der Waals surface area contributed by atoms with E-state index in [-0.39, 0.29) is 5.82 Å². The monoisotopic (exact) mass is 450 g/mol. The van der Waals surface area contributed by atoms with Crippen LogP contribution in [0.25, 0.3) is 5.65 Å². The first kappa shape index (κ1) is 22.5. The molecule has 0 radical (unpaired) electrons. The third-order valence-electron chi connectivity index (χ3n) is 4.97. The van der Waals surface area contributed by atoms with Crippen molar-refractivity contribution >= 4 is 5.65 Å². The van der Waals surface area contributed by atoms with E-state index >= 15 is 0 Å². The first-order valence-electron chi connectivity index (χ1n) is 11.0. The minimum absolute atomic E-state index is 0.290. The number of hydrogen-bond donors (Lipinski definition) is 1. The molecule has 0 fully saturated rings. The van der Waals surface area contributed by atoms with Crippen molar-refractivity contribution < 1.29 is 18.6 Å². The zero-order chi connectivity index (χ0) is 22.9. The van der Waals surface area contributed by atoms with Crippen LogP contribution in [-0.2, 0) is 13.0 Å². The van der Waals surface area contributed by atoms with Gasteiger partial charge in [0.15, 0.2) is 17.1 Å². The van der Waals surface area contributed by atoms with E-state index in [2.05, 4.69) is 15.5 Å². The maximum Gasteiger partial charge on any atom is 0.161 e. The Balaban J connectivity index is 1.25. The van der Waals surface area contributed by atoms with Crippen LogP contribution in [0.5, 0.6) is 17.2 Å². The maximum absolute atomic E-state index is 13.0. The third-order valence-corrected chi connectivity index (χ3v) is 4.97. The largest absolute Gasteiger partial charge is 0.490 e. The highest BCUT2D eigenvalue weighted by atomic mass is 19.1. The Kier molecular flexibility index (Phi) is 7.71. The Morgan fingerprint density at radius 3 is 2.61 bits per heavy atom. The highest BCUT2D eigenvalue weighted by Crippen LogP contribution is 2.28. The predicted molar refractivity (Wildman–Crippen MR) is 123 cm³/mol. The first-order valence-corrected chi connectivity index (χ1v) is 11.0. The molecule has 0 aliphatic rings. The molecular weight excluding hydrogens is 423 g/mol. The van der Waals surface area contributed by atoms with Crippen molar-refractivity contribution in [2.24, 2.45) is 0 Å². The molecule has 172 valence electrons. The molecule has 4 aromatic rings. The van der Waals surface area contributed by atoms with Gasteiger partial charge in [-0.1, -0.05) is 12.1 Å². The fourth-order valence-corrected chi connectivity index (χ4v) is 3.39. The molecule has 2 heterocycles. The van der Waals surface area contributed by atoms with Crippen LogP contribution in [0.15, 0.2) is 66.9 Å². The average molecular weight is 451 g/mol. The molecule has 0 aliphatic heterocycles. The maximum atomic E-state index is 13.0. The van der Waals surface area contributed by atoms with E-state index in [4.69, 9.17) is 14.2 Å². The molecule has 0 unspecified atom stereocenters. The molecule has 1 N–H and O–H groups in total. The zero-order valence-electron chi connectivity index (χ0n) is 18.5. The van der Waals surface area contributed by atoms with Crippen LogP contribution in [0.1, 0.15) is 18.3 Å². The standard InChI is InChI=1S/C25H27FN4O3/c1-2-31-23-17-19(18-27-13-12-25-29-28-24-5-3-4-14-30(24)25)6-11-22(23)33-16-15-32-21-9-7-20(26)8-10-21/h3-11,14,17,27H,2,12-13,15-16,18H2,1H3. The Labute approximate surface area is 192 Å². The Morgan fingerprint density at radius 1 is 0.909 bits per heavy atom. The molecule has 0 bridgehead atoms. The van der Waals surface area contributed by atoms with Crippen molar-refractivity contribution in [1.82, 2.24) is 19.9 Å². The zero-order valence-corrected chi connectivity index (χ0v) is 18.5. The summed E-state index contributed by atoms with van der Waals surface area (Å²) in [7, 11) is 0. The minimum Gasteiger partial charge on any atom is -0.490 e. The van der Waals surface area contributed by atoms with Crippen molar-refractivity contribution in [3.63, 3.8) is 0 Å². The fraction of sp³-hybridized carbons (Fsp3) is 0.280. The number of fused-ring (bicyclic) bond motifs is 1. The third kappa shape index (κ3) is 6.20. The summed E-state index contributed by atoms with van der Waals surface area (Å²) in [6, 6.07) is 17.7. The summed E-state index contributed by atoms with van der Waals surface area (Å²) in [6.45, 7) is 4.65. The number of hydrogen-bond acceptors (Lipinski definition) is 6. The molecule has 0 spiro atoms. The molecule has 0 atom stereocenters. The molecular formula is C25H27FN4O3. The molecule has 0 aliphatic carbocycles. The van der Waals surface area contributed by atoms with Gasteiger partial charge < -0.3 is 19.5 Å². The number of nitrogens with zero attached hydrogens (tertiary/aromatic N) is 3. The van der Waals surface area contributed by atoms with E-state index in [0.717, 1.165) is 30.0 Å². The van der Waals surface area contributed by atoms with Gasteiger partial charge in [-0.25, -0.2) is 4.39 Å². The van der Waals surface area contributed by atoms with Crippen LogP contribution in [-0.4, -0.2) is 41.0 Å². The molecule has 8 heteroatoms. The minimum atomic E-state index is -0.290. The number of halogens is 1. The molecule has 0 saturated carbocycles. The summed E-state index contributed by atoms with van der Waals surface area (Å²) < 4.78 is 32.1. The van der Waals surface area contributed by atoms with E-state index in [9.17, 15) is 4.39 Å².